The van der Waals surface area contributed by atoms with Gasteiger partial charge in [0, 0.05) is 6.54 Å². The highest BCUT2D eigenvalue weighted by Crippen LogP contribution is 2.20. The van der Waals surface area contributed by atoms with Crippen molar-refractivity contribution in [2.75, 3.05) is 25.5 Å². The van der Waals surface area contributed by atoms with Crippen molar-refractivity contribution < 1.29 is 9.53 Å². The molecular formula is C12H16ClN3O2. The van der Waals surface area contributed by atoms with Crippen molar-refractivity contribution in [3.8, 4) is 0 Å². The van der Waals surface area contributed by atoms with Gasteiger partial charge < -0.3 is 15.4 Å². The fraction of sp³-hybridized carbons (Fsp3) is 0.500. The molecule has 0 saturated carbocycles. The highest BCUT2D eigenvalue weighted by Gasteiger charge is 2.28. The third-order valence-corrected chi connectivity index (χ3v) is 3.33. The van der Waals surface area contributed by atoms with Crippen LogP contribution in [0.15, 0.2) is 12.1 Å². The molecule has 1 aliphatic heterocycles. The van der Waals surface area contributed by atoms with Gasteiger partial charge >= 0.3 is 0 Å². The number of hydrogen-bond donors (Lipinski definition) is 1. The minimum absolute atomic E-state index is 0.0746. The van der Waals surface area contributed by atoms with E-state index in [2.05, 4.69) is 4.98 Å². The van der Waals surface area contributed by atoms with Crippen LogP contribution in [-0.2, 0) is 4.74 Å². The van der Waals surface area contributed by atoms with E-state index in [9.17, 15) is 4.79 Å². The van der Waals surface area contributed by atoms with E-state index in [1.807, 2.05) is 6.92 Å². The fourth-order valence-electron chi connectivity index (χ4n) is 2.00. The van der Waals surface area contributed by atoms with Gasteiger partial charge in [-0.05, 0) is 18.6 Å². The Hall–Kier alpha value is -1.33. The number of aromatic nitrogens is 1. The third kappa shape index (κ3) is 2.57. The molecule has 1 unspecified atom stereocenters. The Morgan fingerprint density at radius 1 is 1.67 bits per heavy atom. The van der Waals surface area contributed by atoms with E-state index in [0.29, 0.717) is 30.6 Å². The van der Waals surface area contributed by atoms with Crippen LogP contribution in [0.25, 0.3) is 0 Å². The van der Waals surface area contributed by atoms with Gasteiger partial charge in [-0.2, -0.15) is 0 Å². The largest absolute Gasteiger partial charge is 0.384 e. The van der Waals surface area contributed by atoms with Crippen molar-refractivity contribution in [1.82, 2.24) is 9.88 Å². The van der Waals surface area contributed by atoms with Crippen molar-refractivity contribution in [3.63, 3.8) is 0 Å². The lowest BCUT2D eigenvalue weighted by atomic mass is 10.1. The van der Waals surface area contributed by atoms with Crippen LogP contribution in [0.2, 0.25) is 5.02 Å². The van der Waals surface area contributed by atoms with Gasteiger partial charge in [0.2, 0.25) is 0 Å². The molecular weight excluding hydrogens is 254 g/mol. The Kier molecular flexibility index (Phi) is 4.04. The minimum atomic E-state index is -0.178. The second-order valence-corrected chi connectivity index (χ2v) is 4.61. The number of hydrogen-bond acceptors (Lipinski definition) is 4. The molecule has 2 rings (SSSR count). The zero-order chi connectivity index (χ0) is 13.1. The van der Waals surface area contributed by atoms with Gasteiger partial charge in [-0.3, -0.25) is 4.79 Å². The quantitative estimate of drug-likeness (QED) is 0.885. The predicted molar refractivity (Wildman–Crippen MR) is 69.6 cm³/mol. The van der Waals surface area contributed by atoms with E-state index in [4.69, 9.17) is 22.1 Å². The number of nitrogen functional groups attached to an aromatic ring is 1. The molecule has 1 atom stereocenters. The summed E-state index contributed by atoms with van der Waals surface area (Å²) in [5.41, 5.74) is 5.82. The Morgan fingerprint density at radius 2 is 2.44 bits per heavy atom. The molecule has 2 heterocycles. The first-order chi connectivity index (χ1) is 8.63. The Morgan fingerprint density at radius 3 is 3.17 bits per heavy atom. The monoisotopic (exact) mass is 269 g/mol. The zero-order valence-corrected chi connectivity index (χ0v) is 11.0. The Labute approximate surface area is 111 Å². The number of halogens is 1. The molecule has 2 N–H and O–H groups in total. The number of carbonyl (C=O) groups is 1. The molecule has 0 spiro atoms. The van der Waals surface area contributed by atoms with Gasteiger partial charge in [0.05, 0.1) is 24.3 Å². The lowest BCUT2D eigenvalue weighted by Crippen LogP contribution is -2.48. The molecule has 98 valence electrons. The van der Waals surface area contributed by atoms with Crippen LogP contribution >= 0.6 is 11.6 Å². The molecule has 0 aromatic carbocycles. The lowest BCUT2D eigenvalue weighted by Gasteiger charge is -2.35. The van der Waals surface area contributed by atoms with Crippen LogP contribution in [0.5, 0.6) is 0 Å². The number of rotatable bonds is 2. The molecule has 1 amide bonds. The third-order valence-electron chi connectivity index (χ3n) is 3.03. The van der Waals surface area contributed by atoms with Crippen LogP contribution in [0, 0.1) is 0 Å². The van der Waals surface area contributed by atoms with E-state index < -0.39 is 0 Å². The van der Waals surface area contributed by atoms with E-state index in [1.165, 1.54) is 0 Å². The van der Waals surface area contributed by atoms with Gasteiger partial charge in [0.25, 0.3) is 5.91 Å². The number of amides is 1. The summed E-state index contributed by atoms with van der Waals surface area (Å²) in [5.74, 6) is 0.117. The van der Waals surface area contributed by atoms with Gasteiger partial charge in [-0.15, -0.1) is 0 Å². The van der Waals surface area contributed by atoms with E-state index in [1.54, 1.807) is 17.0 Å². The van der Waals surface area contributed by atoms with E-state index in [-0.39, 0.29) is 17.6 Å². The van der Waals surface area contributed by atoms with Crippen molar-refractivity contribution >= 4 is 23.3 Å². The number of nitrogens with two attached hydrogens (primary N) is 1. The first kappa shape index (κ1) is 13.1. The standard InChI is InChI=1S/C12H16ClN3O2/c1-2-8-7-18-6-5-16(8)12(17)11-9(13)3-4-10(14)15-11/h3-4,8H,2,5-7H2,1H3,(H2,14,15). The summed E-state index contributed by atoms with van der Waals surface area (Å²) in [5, 5.41) is 0.329. The molecule has 1 fully saturated rings. The van der Waals surface area contributed by atoms with Gasteiger partial charge in [-0.25, -0.2) is 4.98 Å². The van der Waals surface area contributed by atoms with E-state index >= 15 is 0 Å². The molecule has 1 aromatic heterocycles. The number of anilines is 1. The number of carbonyl (C=O) groups excluding carboxylic acids is 1. The number of morpholine rings is 1. The number of pyridine rings is 1. The maximum Gasteiger partial charge on any atom is 0.274 e. The maximum atomic E-state index is 12.4. The minimum Gasteiger partial charge on any atom is -0.384 e. The summed E-state index contributed by atoms with van der Waals surface area (Å²) >= 11 is 6.00. The molecule has 0 aliphatic carbocycles. The van der Waals surface area contributed by atoms with Gasteiger partial charge in [0.15, 0.2) is 0 Å². The van der Waals surface area contributed by atoms with Crippen LogP contribution in [0.4, 0.5) is 5.82 Å². The second-order valence-electron chi connectivity index (χ2n) is 4.20. The molecule has 0 bridgehead atoms. The Bertz CT molecular complexity index is 453. The molecule has 1 aliphatic rings. The maximum absolute atomic E-state index is 12.4. The predicted octanol–water partition coefficient (Wildman–Crippen LogP) is 1.57. The second kappa shape index (κ2) is 5.54. The van der Waals surface area contributed by atoms with E-state index in [0.717, 1.165) is 6.42 Å². The van der Waals surface area contributed by atoms with Gasteiger partial charge in [-0.1, -0.05) is 18.5 Å². The highest BCUT2D eigenvalue weighted by atomic mass is 35.5. The van der Waals surface area contributed by atoms with Crippen LogP contribution in [0.3, 0.4) is 0 Å². The summed E-state index contributed by atoms with van der Waals surface area (Å²) in [4.78, 5) is 18.2. The normalized spacial score (nSPS) is 19.9. The first-order valence-corrected chi connectivity index (χ1v) is 6.32. The van der Waals surface area contributed by atoms with Crippen LogP contribution < -0.4 is 5.73 Å². The van der Waals surface area contributed by atoms with Crippen LogP contribution in [0.1, 0.15) is 23.8 Å². The van der Waals surface area contributed by atoms with Crippen molar-refractivity contribution in [2.45, 2.75) is 19.4 Å². The molecule has 0 radical (unpaired) electrons. The topological polar surface area (TPSA) is 68.5 Å². The molecule has 5 nitrogen and oxygen atoms in total. The summed E-state index contributed by atoms with van der Waals surface area (Å²) < 4.78 is 5.37. The molecule has 18 heavy (non-hydrogen) atoms. The molecule has 1 saturated heterocycles. The smallest absolute Gasteiger partial charge is 0.274 e. The Balaban J connectivity index is 2.26. The summed E-state index contributed by atoms with van der Waals surface area (Å²) in [6.07, 6.45) is 0.839. The zero-order valence-electron chi connectivity index (χ0n) is 10.2. The summed E-state index contributed by atoms with van der Waals surface area (Å²) in [6, 6.07) is 3.25. The fourth-order valence-corrected chi connectivity index (χ4v) is 2.19. The highest BCUT2D eigenvalue weighted by molar-refractivity contribution is 6.33. The van der Waals surface area contributed by atoms with Crippen molar-refractivity contribution in [2.24, 2.45) is 0 Å². The number of ether oxygens (including phenoxy) is 1. The molecule has 1 aromatic rings. The number of nitrogens with zero attached hydrogens (tertiary/aromatic N) is 2. The average molecular weight is 270 g/mol. The van der Waals surface area contributed by atoms with Gasteiger partial charge in [0.1, 0.15) is 11.5 Å². The summed E-state index contributed by atoms with van der Waals surface area (Å²) in [6.45, 7) is 3.68. The van der Waals surface area contributed by atoms with Crippen molar-refractivity contribution in [1.29, 1.82) is 0 Å². The molecule has 6 heteroatoms. The average Bonchev–Trinajstić information content (AvgIpc) is 2.40. The summed E-state index contributed by atoms with van der Waals surface area (Å²) in [7, 11) is 0. The van der Waals surface area contributed by atoms with Crippen LogP contribution in [-0.4, -0.2) is 41.6 Å². The lowest BCUT2D eigenvalue weighted by molar-refractivity contribution is -0.00308. The first-order valence-electron chi connectivity index (χ1n) is 5.94. The SMILES string of the molecule is CCC1COCCN1C(=O)c1nc(N)ccc1Cl. The van der Waals surface area contributed by atoms with Crippen molar-refractivity contribution in [3.05, 3.63) is 22.8 Å².